The molecule has 0 bridgehead atoms. The number of likely N-dealkylation sites (tertiary alicyclic amines) is 1. The molecular weight excluding hydrogens is 242 g/mol. The molecule has 2 unspecified atom stereocenters. The van der Waals surface area contributed by atoms with E-state index in [1.807, 2.05) is 4.90 Å². The van der Waals surface area contributed by atoms with Gasteiger partial charge in [-0.15, -0.1) is 0 Å². The average Bonchev–Trinajstić information content (AvgIpc) is 3.06. The second kappa shape index (κ2) is 5.90. The third kappa shape index (κ3) is 2.61. The predicted octanol–water partition coefficient (Wildman–Crippen LogP) is 0.503. The number of amides is 2. The van der Waals surface area contributed by atoms with Gasteiger partial charge < -0.3 is 15.5 Å². The lowest BCUT2D eigenvalue weighted by Crippen LogP contribution is -2.51. The molecule has 0 aliphatic carbocycles. The van der Waals surface area contributed by atoms with Crippen molar-refractivity contribution in [3.8, 4) is 0 Å². The van der Waals surface area contributed by atoms with E-state index in [0.29, 0.717) is 0 Å². The summed E-state index contributed by atoms with van der Waals surface area (Å²) in [5.41, 5.74) is -0.272. The highest BCUT2D eigenvalue weighted by Gasteiger charge is 2.46. The summed E-state index contributed by atoms with van der Waals surface area (Å²) < 4.78 is 0. The van der Waals surface area contributed by atoms with Gasteiger partial charge in [-0.05, 0) is 32.2 Å². The normalized spacial score (nSPS) is 30.6. The number of rotatable bonds is 4. The Hall–Kier alpha value is -1.10. The van der Waals surface area contributed by atoms with Crippen molar-refractivity contribution in [2.45, 2.75) is 45.1 Å². The van der Waals surface area contributed by atoms with Crippen LogP contribution in [0.4, 0.5) is 0 Å². The van der Waals surface area contributed by atoms with E-state index < -0.39 is 0 Å². The first kappa shape index (κ1) is 14.3. The largest absolute Gasteiger partial charge is 0.357 e. The number of likely N-dealkylation sites (N-methyl/N-ethyl adjacent to an activating group) is 1. The molecule has 0 saturated carbocycles. The molecule has 2 fully saturated rings. The quantitative estimate of drug-likeness (QED) is 0.780. The van der Waals surface area contributed by atoms with Crippen molar-refractivity contribution >= 4 is 11.8 Å². The van der Waals surface area contributed by atoms with E-state index in [4.69, 9.17) is 0 Å². The van der Waals surface area contributed by atoms with Gasteiger partial charge >= 0.3 is 0 Å². The standard InChI is InChI=1S/C14H25N3O2/c1-3-6-14(7-8-16-10-14)13(19)17-9-4-5-11(17)12(18)15-2/h11,16H,3-10H2,1-2H3,(H,15,18). The first-order valence-electron chi connectivity index (χ1n) is 7.38. The second-order valence-electron chi connectivity index (χ2n) is 5.73. The lowest BCUT2D eigenvalue weighted by atomic mass is 9.81. The van der Waals surface area contributed by atoms with Gasteiger partial charge in [0.15, 0.2) is 0 Å². The predicted molar refractivity (Wildman–Crippen MR) is 73.6 cm³/mol. The smallest absolute Gasteiger partial charge is 0.242 e. The summed E-state index contributed by atoms with van der Waals surface area (Å²) in [5.74, 6) is 0.161. The molecule has 2 atom stereocenters. The van der Waals surface area contributed by atoms with Crippen molar-refractivity contribution in [3.05, 3.63) is 0 Å². The van der Waals surface area contributed by atoms with E-state index >= 15 is 0 Å². The Morgan fingerprint density at radius 2 is 2.26 bits per heavy atom. The first-order valence-corrected chi connectivity index (χ1v) is 7.38. The van der Waals surface area contributed by atoms with E-state index in [0.717, 1.165) is 51.7 Å². The van der Waals surface area contributed by atoms with Crippen LogP contribution < -0.4 is 10.6 Å². The van der Waals surface area contributed by atoms with Crippen LogP contribution >= 0.6 is 0 Å². The minimum absolute atomic E-state index is 0.0246. The van der Waals surface area contributed by atoms with Crippen LogP contribution in [0, 0.1) is 5.41 Å². The van der Waals surface area contributed by atoms with Crippen molar-refractivity contribution < 1.29 is 9.59 Å². The maximum atomic E-state index is 12.9. The summed E-state index contributed by atoms with van der Waals surface area (Å²) in [6, 6.07) is -0.258. The van der Waals surface area contributed by atoms with Gasteiger partial charge in [-0.3, -0.25) is 9.59 Å². The molecule has 2 heterocycles. The van der Waals surface area contributed by atoms with Crippen LogP contribution in [0.1, 0.15) is 39.0 Å². The van der Waals surface area contributed by atoms with Gasteiger partial charge in [0.05, 0.1) is 5.41 Å². The molecule has 0 spiro atoms. The van der Waals surface area contributed by atoms with E-state index in [1.165, 1.54) is 0 Å². The van der Waals surface area contributed by atoms with E-state index in [-0.39, 0.29) is 23.3 Å². The molecule has 2 amide bonds. The van der Waals surface area contributed by atoms with Crippen LogP contribution in [-0.4, -0.2) is 49.4 Å². The molecule has 2 N–H and O–H groups in total. The summed E-state index contributed by atoms with van der Waals surface area (Å²) >= 11 is 0. The molecule has 2 rings (SSSR count). The second-order valence-corrected chi connectivity index (χ2v) is 5.73. The van der Waals surface area contributed by atoms with Crippen LogP contribution in [-0.2, 0) is 9.59 Å². The fourth-order valence-electron chi connectivity index (χ4n) is 3.48. The minimum atomic E-state index is -0.272. The van der Waals surface area contributed by atoms with Crippen molar-refractivity contribution in [1.82, 2.24) is 15.5 Å². The molecule has 108 valence electrons. The third-order valence-electron chi connectivity index (χ3n) is 4.49. The number of hydrogen-bond acceptors (Lipinski definition) is 3. The Kier molecular flexibility index (Phi) is 4.45. The van der Waals surface area contributed by atoms with Crippen molar-refractivity contribution in [1.29, 1.82) is 0 Å². The zero-order valence-corrected chi connectivity index (χ0v) is 12.0. The Balaban J connectivity index is 2.14. The van der Waals surface area contributed by atoms with Gasteiger partial charge in [0, 0.05) is 20.1 Å². The monoisotopic (exact) mass is 267 g/mol. The number of carbonyl (C=O) groups is 2. The highest BCUT2D eigenvalue weighted by Crippen LogP contribution is 2.35. The Labute approximate surface area is 115 Å². The van der Waals surface area contributed by atoms with Gasteiger partial charge in [-0.1, -0.05) is 13.3 Å². The molecule has 5 nitrogen and oxygen atoms in total. The molecular formula is C14H25N3O2. The molecule has 19 heavy (non-hydrogen) atoms. The SMILES string of the molecule is CCCC1(C(=O)N2CCCC2C(=O)NC)CCNC1. The van der Waals surface area contributed by atoms with Gasteiger partial charge in [0.2, 0.25) is 11.8 Å². The summed E-state index contributed by atoms with van der Waals surface area (Å²) in [6.45, 7) is 4.51. The molecule has 2 aliphatic heterocycles. The number of nitrogens with zero attached hydrogens (tertiary/aromatic N) is 1. The van der Waals surface area contributed by atoms with Crippen LogP contribution in [0.2, 0.25) is 0 Å². The Bertz CT molecular complexity index is 351. The third-order valence-corrected chi connectivity index (χ3v) is 4.49. The highest BCUT2D eigenvalue weighted by molar-refractivity contribution is 5.91. The number of nitrogens with one attached hydrogen (secondary N) is 2. The zero-order valence-electron chi connectivity index (χ0n) is 12.0. The van der Waals surface area contributed by atoms with Gasteiger partial charge in [-0.2, -0.15) is 0 Å². The van der Waals surface area contributed by atoms with E-state index in [9.17, 15) is 9.59 Å². The van der Waals surface area contributed by atoms with Gasteiger partial charge in [-0.25, -0.2) is 0 Å². The summed E-state index contributed by atoms with van der Waals surface area (Å²) in [4.78, 5) is 26.6. The minimum Gasteiger partial charge on any atom is -0.357 e. The Morgan fingerprint density at radius 3 is 2.84 bits per heavy atom. The molecule has 2 aliphatic rings. The number of hydrogen-bond donors (Lipinski definition) is 2. The first-order chi connectivity index (χ1) is 9.14. The molecule has 5 heteroatoms. The van der Waals surface area contributed by atoms with Crippen molar-refractivity contribution in [2.75, 3.05) is 26.7 Å². The molecule has 0 aromatic carbocycles. The topological polar surface area (TPSA) is 61.4 Å². The van der Waals surface area contributed by atoms with Crippen LogP contribution in [0.25, 0.3) is 0 Å². The average molecular weight is 267 g/mol. The summed E-state index contributed by atoms with van der Waals surface area (Å²) in [5, 5.41) is 5.99. The number of carbonyl (C=O) groups excluding carboxylic acids is 2. The van der Waals surface area contributed by atoms with Crippen LogP contribution in [0.5, 0.6) is 0 Å². The van der Waals surface area contributed by atoms with Crippen LogP contribution in [0.3, 0.4) is 0 Å². The van der Waals surface area contributed by atoms with Crippen molar-refractivity contribution in [3.63, 3.8) is 0 Å². The van der Waals surface area contributed by atoms with Gasteiger partial charge in [0.1, 0.15) is 6.04 Å². The lowest BCUT2D eigenvalue weighted by Gasteiger charge is -2.34. The molecule has 0 aromatic rings. The fraction of sp³-hybridized carbons (Fsp3) is 0.857. The van der Waals surface area contributed by atoms with E-state index in [2.05, 4.69) is 17.6 Å². The van der Waals surface area contributed by atoms with Crippen molar-refractivity contribution in [2.24, 2.45) is 5.41 Å². The zero-order chi connectivity index (χ0) is 13.9. The molecule has 0 radical (unpaired) electrons. The lowest BCUT2D eigenvalue weighted by molar-refractivity contribution is -0.146. The Morgan fingerprint density at radius 1 is 1.47 bits per heavy atom. The highest BCUT2D eigenvalue weighted by atomic mass is 16.2. The fourth-order valence-corrected chi connectivity index (χ4v) is 3.48. The maximum Gasteiger partial charge on any atom is 0.242 e. The van der Waals surface area contributed by atoms with E-state index in [1.54, 1.807) is 7.05 Å². The van der Waals surface area contributed by atoms with Crippen LogP contribution in [0.15, 0.2) is 0 Å². The summed E-state index contributed by atoms with van der Waals surface area (Å²) in [7, 11) is 1.64. The maximum absolute atomic E-state index is 12.9. The molecule has 0 aromatic heterocycles. The van der Waals surface area contributed by atoms with Gasteiger partial charge in [0.25, 0.3) is 0 Å². The summed E-state index contributed by atoms with van der Waals surface area (Å²) in [6.07, 6.45) is 4.54. The molecule has 2 saturated heterocycles.